The van der Waals surface area contributed by atoms with Gasteiger partial charge in [0.25, 0.3) is 0 Å². The molecule has 0 bridgehead atoms. The third kappa shape index (κ3) is 62.8. The van der Waals surface area contributed by atoms with E-state index in [4.69, 9.17) is 14.2 Å². The monoisotopic (exact) mass is 1070 g/mol. The van der Waals surface area contributed by atoms with Gasteiger partial charge in [0.05, 0.1) is 0 Å². The lowest BCUT2D eigenvalue weighted by molar-refractivity contribution is -0.167. The predicted octanol–water partition coefficient (Wildman–Crippen LogP) is 22.2. The number of hydrogen-bond acceptors (Lipinski definition) is 6. The Morgan fingerprint density at radius 3 is 0.805 bits per heavy atom. The van der Waals surface area contributed by atoms with E-state index in [9.17, 15) is 14.4 Å². The maximum Gasteiger partial charge on any atom is 0.306 e. The number of allylic oxidation sites excluding steroid dienone is 18. The Balaban J connectivity index is 4.21. The number of hydrogen-bond donors (Lipinski definition) is 0. The molecule has 0 aromatic carbocycles. The third-order valence-electron chi connectivity index (χ3n) is 13.7. The lowest BCUT2D eigenvalue weighted by Crippen LogP contribution is -2.30. The van der Waals surface area contributed by atoms with Crippen LogP contribution in [0.2, 0.25) is 0 Å². The van der Waals surface area contributed by atoms with Crippen LogP contribution in [0.3, 0.4) is 0 Å². The number of ether oxygens (including phenoxy) is 3. The van der Waals surface area contributed by atoms with E-state index >= 15 is 0 Å². The molecule has 0 spiro atoms. The Morgan fingerprint density at radius 2 is 0.506 bits per heavy atom. The van der Waals surface area contributed by atoms with Crippen molar-refractivity contribution in [3.05, 3.63) is 109 Å². The average Bonchev–Trinajstić information content (AvgIpc) is 3.43. The van der Waals surface area contributed by atoms with Crippen LogP contribution in [0.15, 0.2) is 109 Å². The molecular weight excluding hydrogens is 949 g/mol. The molecule has 6 nitrogen and oxygen atoms in total. The first-order valence-electron chi connectivity index (χ1n) is 32.4. The van der Waals surface area contributed by atoms with Gasteiger partial charge in [-0.15, -0.1) is 0 Å². The molecule has 0 amide bonds. The van der Waals surface area contributed by atoms with Gasteiger partial charge in [-0.25, -0.2) is 0 Å². The summed E-state index contributed by atoms with van der Waals surface area (Å²) in [6, 6.07) is 0. The topological polar surface area (TPSA) is 78.9 Å². The van der Waals surface area contributed by atoms with Crippen molar-refractivity contribution in [3.63, 3.8) is 0 Å². The van der Waals surface area contributed by atoms with Gasteiger partial charge in [-0.2, -0.15) is 0 Å². The second-order valence-corrected chi connectivity index (χ2v) is 21.3. The quantitative estimate of drug-likeness (QED) is 0.0261. The molecule has 0 rings (SSSR count). The molecule has 77 heavy (non-hydrogen) atoms. The van der Waals surface area contributed by atoms with E-state index in [0.29, 0.717) is 19.3 Å². The molecule has 0 aliphatic heterocycles. The Bertz CT molecular complexity index is 1560. The molecule has 0 saturated carbocycles. The minimum absolute atomic E-state index is 0.0944. The summed E-state index contributed by atoms with van der Waals surface area (Å²) in [5.74, 6) is -0.937. The van der Waals surface area contributed by atoms with Crippen molar-refractivity contribution in [1.82, 2.24) is 0 Å². The average molecular weight is 1070 g/mol. The van der Waals surface area contributed by atoms with Crippen LogP contribution >= 0.6 is 0 Å². The van der Waals surface area contributed by atoms with Gasteiger partial charge in [0, 0.05) is 19.3 Å². The molecule has 0 aromatic heterocycles. The first kappa shape index (κ1) is 73.1. The van der Waals surface area contributed by atoms with Gasteiger partial charge >= 0.3 is 17.9 Å². The van der Waals surface area contributed by atoms with Crippen molar-refractivity contribution in [2.45, 2.75) is 309 Å². The summed E-state index contributed by atoms with van der Waals surface area (Å²) in [5, 5.41) is 0. The van der Waals surface area contributed by atoms with Crippen molar-refractivity contribution in [2.24, 2.45) is 0 Å². The Morgan fingerprint density at radius 1 is 0.273 bits per heavy atom. The maximum absolute atomic E-state index is 12.9. The summed E-state index contributed by atoms with van der Waals surface area (Å²) in [6.07, 6.45) is 88.3. The SMILES string of the molecule is CC/C=C\C/C=C\C/C=C\CCCCCCCC(=O)OC(COC(=O)CCCCC/C=C\C/C=C\C/C=C\CC)COC(=O)CCCCCCCCCCCCCCCCCC/C=C\C/C=C\C/C=C\CCCCCCC. The smallest absolute Gasteiger partial charge is 0.306 e. The van der Waals surface area contributed by atoms with E-state index in [2.05, 4.69) is 130 Å². The van der Waals surface area contributed by atoms with Crippen molar-refractivity contribution in [1.29, 1.82) is 0 Å². The second-order valence-electron chi connectivity index (χ2n) is 21.3. The first-order valence-corrected chi connectivity index (χ1v) is 32.4. The molecule has 1 atom stereocenters. The predicted molar refractivity (Wildman–Crippen MR) is 334 cm³/mol. The fourth-order valence-electron chi connectivity index (χ4n) is 8.95. The summed E-state index contributed by atoms with van der Waals surface area (Å²) in [4.78, 5) is 38.2. The lowest BCUT2D eigenvalue weighted by atomic mass is 10.0. The summed E-state index contributed by atoms with van der Waals surface area (Å²) in [5.41, 5.74) is 0. The Kier molecular flexibility index (Phi) is 61.3. The van der Waals surface area contributed by atoms with Gasteiger partial charge in [0.15, 0.2) is 6.10 Å². The number of unbranched alkanes of at least 4 members (excludes halogenated alkanes) is 29. The van der Waals surface area contributed by atoms with Crippen LogP contribution in [-0.4, -0.2) is 37.2 Å². The molecule has 0 fully saturated rings. The summed E-state index contributed by atoms with van der Waals surface area (Å²) in [7, 11) is 0. The maximum atomic E-state index is 12.9. The zero-order valence-electron chi connectivity index (χ0n) is 50.4. The van der Waals surface area contributed by atoms with Gasteiger partial charge in [-0.1, -0.05) is 271 Å². The normalized spacial score (nSPS) is 12.8. The highest BCUT2D eigenvalue weighted by Crippen LogP contribution is 2.16. The summed E-state index contributed by atoms with van der Waals surface area (Å²) in [6.45, 7) is 6.38. The highest BCUT2D eigenvalue weighted by molar-refractivity contribution is 5.71. The van der Waals surface area contributed by atoms with E-state index in [0.717, 1.165) is 135 Å². The molecule has 6 heteroatoms. The van der Waals surface area contributed by atoms with Gasteiger partial charge in [0.2, 0.25) is 0 Å². The largest absolute Gasteiger partial charge is 0.462 e. The zero-order valence-corrected chi connectivity index (χ0v) is 50.4. The molecule has 0 saturated heterocycles. The van der Waals surface area contributed by atoms with Crippen molar-refractivity contribution < 1.29 is 28.6 Å². The second kappa shape index (κ2) is 64.6. The summed E-state index contributed by atoms with van der Waals surface area (Å²) < 4.78 is 16.9. The number of esters is 3. The van der Waals surface area contributed by atoms with Crippen molar-refractivity contribution in [2.75, 3.05) is 13.2 Å². The van der Waals surface area contributed by atoms with Crippen LogP contribution in [0.25, 0.3) is 0 Å². The number of carbonyl (C=O) groups excluding carboxylic acids is 3. The highest BCUT2D eigenvalue weighted by atomic mass is 16.6. The standard InChI is InChI=1S/C71H120O6/c1-4-7-10-13-16-19-22-25-27-28-29-30-31-32-33-34-35-36-37-38-39-40-41-42-44-46-49-52-55-58-61-64-70(73)76-67-68(66-75-69(72)63-60-57-54-51-48-45-24-21-18-15-12-9-6-3)77-71(74)65-62-59-56-53-50-47-43-26-23-20-17-14-11-8-5-2/h8-9,11-12,17-18,20-22,25-26,28-29,31-32,43,45,48,68H,4-7,10,13-16,19,23-24,27,30,33-42,44,46-47,49-67H2,1-3H3/b11-8-,12-9-,20-17-,21-18-,25-22-,29-28-,32-31-,43-26-,48-45-. The van der Waals surface area contributed by atoms with Crippen molar-refractivity contribution >= 4 is 17.9 Å². The zero-order chi connectivity index (χ0) is 55.7. The highest BCUT2D eigenvalue weighted by Gasteiger charge is 2.19. The first-order chi connectivity index (χ1) is 38.0. The number of rotatable bonds is 58. The van der Waals surface area contributed by atoms with Crippen LogP contribution < -0.4 is 0 Å². The Hall–Kier alpha value is -3.93. The van der Waals surface area contributed by atoms with Gasteiger partial charge in [0.1, 0.15) is 13.2 Å². The van der Waals surface area contributed by atoms with Gasteiger partial charge < -0.3 is 14.2 Å². The summed E-state index contributed by atoms with van der Waals surface area (Å²) >= 11 is 0. The molecule has 0 N–H and O–H groups in total. The molecule has 0 aromatic rings. The third-order valence-corrected chi connectivity index (χ3v) is 13.7. The van der Waals surface area contributed by atoms with E-state index in [1.54, 1.807) is 0 Å². The molecule has 0 heterocycles. The Labute approximate surface area is 476 Å². The van der Waals surface area contributed by atoms with E-state index < -0.39 is 6.10 Å². The van der Waals surface area contributed by atoms with Crippen molar-refractivity contribution in [3.8, 4) is 0 Å². The van der Waals surface area contributed by atoms with E-state index in [-0.39, 0.29) is 31.1 Å². The number of carbonyl (C=O) groups is 3. The van der Waals surface area contributed by atoms with Crippen LogP contribution in [0, 0.1) is 0 Å². The minimum atomic E-state index is -0.801. The lowest BCUT2D eigenvalue weighted by Gasteiger charge is -2.18. The molecule has 0 aliphatic rings. The van der Waals surface area contributed by atoms with Crippen LogP contribution in [0.1, 0.15) is 303 Å². The molecule has 0 aliphatic carbocycles. The minimum Gasteiger partial charge on any atom is -0.462 e. The molecular formula is C71H120O6. The van der Waals surface area contributed by atoms with Crippen LogP contribution in [-0.2, 0) is 28.6 Å². The van der Waals surface area contributed by atoms with Gasteiger partial charge in [-0.05, 0) is 122 Å². The molecule has 1 unspecified atom stereocenters. The van der Waals surface area contributed by atoms with E-state index in [1.807, 2.05) is 0 Å². The fourth-order valence-corrected chi connectivity index (χ4v) is 8.95. The molecule has 440 valence electrons. The van der Waals surface area contributed by atoms with E-state index in [1.165, 1.54) is 128 Å². The van der Waals surface area contributed by atoms with Gasteiger partial charge in [-0.3, -0.25) is 14.4 Å². The fraction of sp³-hybridized carbons (Fsp3) is 0.704. The van der Waals surface area contributed by atoms with Crippen LogP contribution in [0.4, 0.5) is 0 Å². The van der Waals surface area contributed by atoms with Crippen LogP contribution in [0.5, 0.6) is 0 Å². The molecule has 0 radical (unpaired) electrons.